The summed E-state index contributed by atoms with van der Waals surface area (Å²) >= 11 is 7.69. The van der Waals surface area contributed by atoms with Crippen molar-refractivity contribution in [2.24, 2.45) is 0 Å². The van der Waals surface area contributed by atoms with E-state index in [4.69, 9.17) is 21.3 Å². The number of fused-ring (bicyclic) bond motifs is 2. The number of hydrogen-bond donors (Lipinski definition) is 1. The van der Waals surface area contributed by atoms with Crippen LogP contribution < -0.4 is 10.3 Å². The van der Waals surface area contributed by atoms with Crippen LogP contribution in [0.3, 0.4) is 0 Å². The first kappa shape index (κ1) is 30.6. The molecule has 232 valence electrons. The normalized spacial score (nSPS) is 18.6. The van der Waals surface area contributed by atoms with Crippen LogP contribution in [0.2, 0.25) is 5.02 Å². The highest BCUT2D eigenvalue weighted by Gasteiger charge is 2.35. The van der Waals surface area contributed by atoms with Crippen molar-refractivity contribution in [2.75, 3.05) is 19.7 Å². The third kappa shape index (κ3) is 6.09. The van der Waals surface area contributed by atoms with Gasteiger partial charge in [-0.15, -0.1) is 11.3 Å². The molecule has 1 atom stereocenters. The summed E-state index contributed by atoms with van der Waals surface area (Å²) < 4.78 is 36.5. The number of nitrogens with zero attached hydrogens (tertiary/aromatic N) is 4. The van der Waals surface area contributed by atoms with Gasteiger partial charge in [-0.05, 0) is 70.3 Å². The number of carboxylic acids is 1. The number of ether oxygens (including phenoxy) is 1. The van der Waals surface area contributed by atoms with E-state index in [9.17, 15) is 23.5 Å². The number of carbonyl (C=O) groups is 1. The second kappa shape index (κ2) is 12.2. The van der Waals surface area contributed by atoms with Crippen molar-refractivity contribution in [1.29, 1.82) is 0 Å². The number of alkyl halides is 2. The predicted molar refractivity (Wildman–Crippen MR) is 167 cm³/mol. The van der Waals surface area contributed by atoms with Crippen molar-refractivity contribution in [1.82, 2.24) is 19.4 Å². The Hall–Kier alpha value is -3.41. The van der Waals surface area contributed by atoms with Crippen LogP contribution in [0.5, 0.6) is 5.75 Å². The summed E-state index contributed by atoms with van der Waals surface area (Å²) in [6.07, 6.45) is 2.18. The van der Waals surface area contributed by atoms with Gasteiger partial charge in [0.15, 0.2) is 0 Å². The highest BCUT2D eigenvalue weighted by molar-refractivity contribution is 7.18. The first-order valence-electron chi connectivity index (χ1n) is 14.8. The molecule has 1 saturated heterocycles. The maximum atomic E-state index is 14.0. The van der Waals surface area contributed by atoms with E-state index < -0.39 is 11.9 Å². The highest BCUT2D eigenvalue weighted by atomic mass is 35.5. The third-order valence-electron chi connectivity index (χ3n) is 8.65. The van der Waals surface area contributed by atoms with Crippen LogP contribution in [-0.4, -0.2) is 62.2 Å². The summed E-state index contributed by atoms with van der Waals surface area (Å²) in [4.78, 5) is 36.8. The largest absolute Gasteiger partial charge is 0.491 e. The molecule has 6 rings (SSSR count). The van der Waals surface area contributed by atoms with Crippen LogP contribution in [0.1, 0.15) is 58.8 Å². The monoisotopic (exact) mass is 642 g/mol. The van der Waals surface area contributed by atoms with Gasteiger partial charge in [-0.25, -0.2) is 18.6 Å². The molecule has 0 unspecified atom stereocenters. The molecule has 3 aromatic heterocycles. The predicted octanol–water partition coefficient (Wildman–Crippen LogP) is 6.55. The molecule has 0 amide bonds. The molecule has 4 aromatic rings. The Balaban J connectivity index is 1.23. The lowest BCUT2D eigenvalue weighted by Gasteiger charge is -2.34. The van der Waals surface area contributed by atoms with Crippen molar-refractivity contribution in [2.45, 2.75) is 70.9 Å². The van der Waals surface area contributed by atoms with Gasteiger partial charge in [0.25, 0.3) is 5.56 Å². The summed E-state index contributed by atoms with van der Waals surface area (Å²) in [5.41, 5.74) is 4.04. The Bertz CT molecular complexity index is 1810. The lowest BCUT2D eigenvalue weighted by molar-refractivity contribution is -0.0142. The van der Waals surface area contributed by atoms with Gasteiger partial charge in [0.05, 0.1) is 28.0 Å². The van der Waals surface area contributed by atoms with E-state index in [0.717, 1.165) is 17.7 Å². The Morgan fingerprint density at radius 3 is 2.80 bits per heavy atom. The summed E-state index contributed by atoms with van der Waals surface area (Å²) in [7, 11) is 0. The van der Waals surface area contributed by atoms with Gasteiger partial charge < -0.3 is 9.84 Å². The number of likely N-dealkylation sites (tertiary alicyclic amines) is 1. The standard InChI is InChI=1S/C32H33ClF2N4O4S/c1-18-14-23(29-28(36-18)25(17-44-29)31(41)42)22-15-20(33)4-7-27(22)43-13-12-39-19(2)37-26-6-5-21(16-24(26)30(39)40)38-10-3-8-32(34,35)9-11-38/h4,7,14-15,17,21H,3,5-6,8-13,16H2,1-2H3,(H,41,42)/t21-/m0/s1. The van der Waals surface area contributed by atoms with Gasteiger partial charge in [0.2, 0.25) is 5.92 Å². The zero-order chi connectivity index (χ0) is 31.2. The molecule has 0 radical (unpaired) electrons. The molecule has 1 N–H and O–H groups in total. The maximum absolute atomic E-state index is 14.0. The minimum atomic E-state index is -2.62. The second-order valence-corrected chi connectivity index (χ2v) is 12.9. The van der Waals surface area contributed by atoms with Crippen LogP contribution in [-0.2, 0) is 19.4 Å². The van der Waals surface area contributed by atoms with Crippen molar-refractivity contribution < 1.29 is 23.4 Å². The molecule has 0 bridgehead atoms. The summed E-state index contributed by atoms with van der Waals surface area (Å²) in [5.74, 6) is -2.51. The average molecular weight is 643 g/mol. The number of rotatable bonds is 7. The number of thiophene rings is 1. The summed E-state index contributed by atoms with van der Waals surface area (Å²) in [6.45, 7) is 5.02. The quantitative estimate of drug-likeness (QED) is 0.244. The minimum absolute atomic E-state index is 0.0504. The average Bonchev–Trinajstić information content (AvgIpc) is 3.32. The highest BCUT2D eigenvalue weighted by Crippen LogP contribution is 2.40. The van der Waals surface area contributed by atoms with Crippen molar-refractivity contribution in [3.05, 3.63) is 73.4 Å². The van der Waals surface area contributed by atoms with E-state index in [1.54, 1.807) is 28.1 Å². The summed E-state index contributed by atoms with van der Waals surface area (Å²) in [5, 5.41) is 11.7. The SMILES string of the molecule is Cc1cc(-c2cc(Cl)ccc2OCCn2c(C)nc3c(c2=O)C[C@@H](N2CCCC(F)(F)CC2)CC3)c2scc(C(=O)O)c2n1. The molecule has 12 heteroatoms. The molecule has 1 aromatic carbocycles. The van der Waals surface area contributed by atoms with Gasteiger partial charge >= 0.3 is 5.97 Å². The maximum Gasteiger partial charge on any atom is 0.338 e. The first-order chi connectivity index (χ1) is 21.0. The van der Waals surface area contributed by atoms with Crippen molar-refractivity contribution in [3.8, 4) is 16.9 Å². The zero-order valence-corrected chi connectivity index (χ0v) is 26.1. The van der Waals surface area contributed by atoms with Crippen LogP contribution in [0, 0.1) is 13.8 Å². The first-order valence-corrected chi connectivity index (χ1v) is 16.0. The van der Waals surface area contributed by atoms with E-state index in [1.807, 2.05) is 19.9 Å². The molecule has 0 spiro atoms. The number of benzene rings is 1. The third-order valence-corrected chi connectivity index (χ3v) is 9.89. The van der Waals surface area contributed by atoms with Crippen LogP contribution in [0.15, 0.2) is 34.4 Å². The topological polar surface area (TPSA) is 97.6 Å². The lowest BCUT2D eigenvalue weighted by Crippen LogP contribution is -2.43. The zero-order valence-electron chi connectivity index (χ0n) is 24.5. The molecule has 4 heterocycles. The van der Waals surface area contributed by atoms with Crippen molar-refractivity contribution in [3.63, 3.8) is 0 Å². The fourth-order valence-electron chi connectivity index (χ4n) is 6.41. The summed E-state index contributed by atoms with van der Waals surface area (Å²) in [6, 6.07) is 7.20. The molecular weight excluding hydrogens is 610 g/mol. The van der Waals surface area contributed by atoms with E-state index in [-0.39, 0.29) is 43.2 Å². The molecular formula is C32H33ClF2N4O4S. The van der Waals surface area contributed by atoms with E-state index >= 15 is 0 Å². The molecule has 2 aliphatic rings. The molecule has 8 nitrogen and oxygen atoms in total. The van der Waals surface area contributed by atoms with E-state index in [2.05, 4.69) is 9.88 Å². The Labute approximate surface area is 262 Å². The molecule has 1 aliphatic heterocycles. The van der Waals surface area contributed by atoms with Crippen LogP contribution in [0.4, 0.5) is 8.78 Å². The number of pyridine rings is 1. The van der Waals surface area contributed by atoms with Gasteiger partial charge in [0.1, 0.15) is 18.2 Å². The van der Waals surface area contributed by atoms with E-state index in [0.29, 0.717) is 76.0 Å². The van der Waals surface area contributed by atoms with Crippen molar-refractivity contribution >= 4 is 39.1 Å². The molecule has 1 aliphatic carbocycles. The number of aryl methyl sites for hydroxylation is 3. The number of hydrogen-bond acceptors (Lipinski definition) is 7. The van der Waals surface area contributed by atoms with Gasteiger partial charge in [-0.3, -0.25) is 19.2 Å². The number of carboxylic acid groups (broad SMARTS) is 1. The van der Waals surface area contributed by atoms with Crippen LogP contribution in [0.25, 0.3) is 21.3 Å². The number of aromatic nitrogens is 3. The smallest absolute Gasteiger partial charge is 0.338 e. The molecule has 0 saturated carbocycles. The Morgan fingerprint density at radius 2 is 2.00 bits per heavy atom. The minimum Gasteiger partial charge on any atom is -0.491 e. The van der Waals surface area contributed by atoms with Gasteiger partial charge in [-0.2, -0.15) is 0 Å². The fourth-order valence-corrected chi connectivity index (χ4v) is 7.59. The Morgan fingerprint density at radius 1 is 1.18 bits per heavy atom. The number of halogens is 3. The second-order valence-electron chi connectivity index (χ2n) is 11.6. The van der Waals surface area contributed by atoms with Gasteiger partial charge in [-0.1, -0.05) is 11.6 Å². The lowest BCUT2D eigenvalue weighted by atomic mass is 9.91. The van der Waals surface area contributed by atoms with Crippen LogP contribution >= 0.6 is 22.9 Å². The molecule has 44 heavy (non-hydrogen) atoms. The molecule has 1 fully saturated rings. The van der Waals surface area contributed by atoms with E-state index in [1.165, 1.54) is 11.3 Å². The number of aromatic carboxylic acids is 1. The fraction of sp³-hybridized carbons (Fsp3) is 0.438. The van der Waals surface area contributed by atoms with Gasteiger partial charge in [0, 0.05) is 58.2 Å². The Kier molecular flexibility index (Phi) is 8.47.